The molecule has 14 heavy (non-hydrogen) atoms. The number of benzene rings is 1. The molecule has 74 valence electrons. The van der Waals surface area contributed by atoms with E-state index >= 15 is 0 Å². The minimum absolute atomic E-state index is 0.209. The molecule has 0 bridgehead atoms. The smallest absolute Gasteiger partial charge is 0.123 e. The Morgan fingerprint density at radius 2 is 2.21 bits per heavy atom. The van der Waals surface area contributed by atoms with Crippen LogP contribution in [0.25, 0.3) is 0 Å². The fraction of sp³-hybridized carbons (Fsp3) is 0.333. The van der Waals surface area contributed by atoms with Crippen LogP contribution in [0.3, 0.4) is 0 Å². The van der Waals surface area contributed by atoms with Crippen molar-refractivity contribution >= 4 is 0 Å². The van der Waals surface area contributed by atoms with Crippen molar-refractivity contribution in [3.63, 3.8) is 0 Å². The molecule has 0 unspecified atom stereocenters. The second-order valence-corrected chi connectivity index (χ2v) is 3.04. The van der Waals surface area contributed by atoms with Gasteiger partial charge in [-0.3, -0.25) is 0 Å². The average molecular weight is 191 g/mol. The molecule has 0 fully saturated rings. The Bertz CT molecular complexity index is 360. The van der Waals surface area contributed by atoms with Gasteiger partial charge in [0.1, 0.15) is 5.82 Å². The van der Waals surface area contributed by atoms with Crippen LogP contribution in [0.5, 0.6) is 0 Å². The number of aryl methyl sites for hydroxylation is 1. The quantitative estimate of drug-likeness (QED) is 0.557. The van der Waals surface area contributed by atoms with Crippen molar-refractivity contribution in [1.82, 2.24) is 5.32 Å². The maximum Gasteiger partial charge on any atom is 0.123 e. The maximum atomic E-state index is 12.7. The van der Waals surface area contributed by atoms with Crippen molar-refractivity contribution in [2.24, 2.45) is 0 Å². The Kier molecular flexibility index (Phi) is 4.15. The highest BCUT2D eigenvalue weighted by Crippen LogP contribution is 2.07. The van der Waals surface area contributed by atoms with Crippen molar-refractivity contribution in [2.75, 3.05) is 13.1 Å². The molecule has 0 radical (unpaired) electrons. The van der Waals surface area contributed by atoms with Crippen molar-refractivity contribution in [3.05, 3.63) is 35.1 Å². The molecule has 0 atom stereocenters. The normalized spacial score (nSPS) is 9.36. The zero-order valence-corrected chi connectivity index (χ0v) is 8.52. The summed E-state index contributed by atoms with van der Waals surface area (Å²) in [6, 6.07) is 4.64. The lowest BCUT2D eigenvalue weighted by atomic mass is 10.1. The number of nitrogens with one attached hydrogen (secondary N) is 1. The molecule has 0 aromatic heterocycles. The van der Waals surface area contributed by atoms with Crippen LogP contribution in [0.2, 0.25) is 0 Å². The van der Waals surface area contributed by atoms with Crippen molar-refractivity contribution in [3.8, 4) is 11.8 Å². The molecule has 2 heteroatoms. The van der Waals surface area contributed by atoms with Crippen LogP contribution in [0.4, 0.5) is 4.39 Å². The molecule has 1 rings (SSSR count). The van der Waals surface area contributed by atoms with Crippen molar-refractivity contribution in [1.29, 1.82) is 0 Å². The summed E-state index contributed by atoms with van der Waals surface area (Å²) >= 11 is 0. The molecule has 0 aliphatic heterocycles. The van der Waals surface area contributed by atoms with Crippen molar-refractivity contribution in [2.45, 2.75) is 13.8 Å². The Balaban J connectivity index is 2.70. The zero-order chi connectivity index (χ0) is 10.4. The first-order valence-electron chi connectivity index (χ1n) is 4.69. The molecular weight excluding hydrogens is 177 g/mol. The Hall–Kier alpha value is -1.33. The molecule has 0 spiro atoms. The van der Waals surface area contributed by atoms with E-state index in [-0.39, 0.29) is 5.82 Å². The number of halogens is 1. The number of rotatable bonds is 2. The predicted octanol–water partition coefficient (Wildman–Crippen LogP) is 2.10. The standard InChI is InChI=1S/C12H14FN/c1-3-14-8-4-5-11-6-7-12(13)9-10(11)2/h6-7,9,14H,3,8H2,1-2H3. The average Bonchev–Trinajstić information content (AvgIpc) is 2.15. The highest BCUT2D eigenvalue weighted by Gasteiger charge is 1.95. The third-order valence-electron chi connectivity index (χ3n) is 1.87. The molecule has 0 aliphatic carbocycles. The van der Waals surface area contributed by atoms with Gasteiger partial charge >= 0.3 is 0 Å². The molecule has 0 heterocycles. The Labute approximate surface area is 84.3 Å². The minimum Gasteiger partial charge on any atom is -0.306 e. The van der Waals surface area contributed by atoms with Crippen LogP contribution in [-0.4, -0.2) is 13.1 Å². The Morgan fingerprint density at radius 1 is 1.43 bits per heavy atom. The van der Waals surface area contributed by atoms with Gasteiger partial charge in [0, 0.05) is 5.56 Å². The molecule has 1 nitrogen and oxygen atoms in total. The second kappa shape index (κ2) is 5.41. The molecule has 0 amide bonds. The lowest BCUT2D eigenvalue weighted by Gasteiger charge is -1.97. The summed E-state index contributed by atoms with van der Waals surface area (Å²) in [5.41, 5.74) is 1.78. The SMILES string of the molecule is CCNCC#Cc1ccc(F)cc1C. The van der Waals surface area contributed by atoms with Crippen LogP contribution in [0, 0.1) is 24.6 Å². The van der Waals surface area contributed by atoms with E-state index in [1.165, 1.54) is 12.1 Å². The highest BCUT2D eigenvalue weighted by molar-refractivity contribution is 5.40. The Morgan fingerprint density at radius 3 is 2.86 bits per heavy atom. The van der Waals surface area contributed by atoms with Gasteiger partial charge in [-0.05, 0) is 37.2 Å². The summed E-state index contributed by atoms with van der Waals surface area (Å²) < 4.78 is 12.7. The summed E-state index contributed by atoms with van der Waals surface area (Å²) in [6.45, 7) is 5.48. The summed E-state index contributed by atoms with van der Waals surface area (Å²) in [5.74, 6) is 5.77. The first-order valence-corrected chi connectivity index (χ1v) is 4.69. The van der Waals surface area contributed by atoms with E-state index in [9.17, 15) is 4.39 Å². The van der Waals surface area contributed by atoms with Crippen molar-refractivity contribution < 1.29 is 4.39 Å². The molecule has 0 saturated carbocycles. The van der Waals surface area contributed by atoms with Crippen LogP contribution < -0.4 is 5.32 Å². The van der Waals surface area contributed by atoms with E-state index in [0.717, 1.165) is 17.7 Å². The van der Waals surface area contributed by atoms with Gasteiger partial charge in [-0.25, -0.2) is 4.39 Å². The molecule has 0 saturated heterocycles. The number of hydrogen-bond acceptors (Lipinski definition) is 1. The second-order valence-electron chi connectivity index (χ2n) is 3.04. The van der Waals surface area contributed by atoms with E-state index < -0.39 is 0 Å². The molecule has 0 aliphatic rings. The van der Waals surface area contributed by atoms with Gasteiger partial charge in [0.15, 0.2) is 0 Å². The lowest BCUT2D eigenvalue weighted by Crippen LogP contribution is -2.11. The van der Waals surface area contributed by atoms with E-state index in [4.69, 9.17) is 0 Å². The van der Waals surface area contributed by atoms with Gasteiger partial charge in [-0.15, -0.1) is 0 Å². The monoisotopic (exact) mass is 191 g/mol. The van der Waals surface area contributed by atoms with Gasteiger partial charge < -0.3 is 5.32 Å². The lowest BCUT2D eigenvalue weighted by molar-refractivity contribution is 0.626. The molecular formula is C12H14FN. The van der Waals surface area contributed by atoms with E-state index in [0.29, 0.717) is 6.54 Å². The highest BCUT2D eigenvalue weighted by atomic mass is 19.1. The molecule has 1 N–H and O–H groups in total. The van der Waals surface area contributed by atoms with Crippen LogP contribution in [-0.2, 0) is 0 Å². The van der Waals surface area contributed by atoms with Gasteiger partial charge in [0.25, 0.3) is 0 Å². The maximum absolute atomic E-state index is 12.7. The summed E-state index contributed by atoms with van der Waals surface area (Å²) in [4.78, 5) is 0. The minimum atomic E-state index is -0.209. The number of hydrogen-bond donors (Lipinski definition) is 1. The summed E-state index contributed by atoms with van der Waals surface area (Å²) in [7, 11) is 0. The molecule has 1 aromatic carbocycles. The van der Waals surface area contributed by atoms with Gasteiger partial charge in [0.05, 0.1) is 6.54 Å². The topological polar surface area (TPSA) is 12.0 Å². The zero-order valence-electron chi connectivity index (χ0n) is 8.52. The van der Waals surface area contributed by atoms with Gasteiger partial charge in [-0.1, -0.05) is 18.8 Å². The largest absolute Gasteiger partial charge is 0.306 e. The van der Waals surface area contributed by atoms with E-state index in [1.54, 1.807) is 6.07 Å². The van der Waals surface area contributed by atoms with Gasteiger partial charge in [0.2, 0.25) is 0 Å². The predicted molar refractivity (Wildman–Crippen MR) is 56.6 cm³/mol. The first-order chi connectivity index (χ1) is 6.74. The van der Waals surface area contributed by atoms with E-state index in [1.807, 2.05) is 13.8 Å². The van der Waals surface area contributed by atoms with Crippen LogP contribution >= 0.6 is 0 Å². The summed E-state index contributed by atoms with van der Waals surface area (Å²) in [6.07, 6.45) is 0. The first kappa shape index (κ1) is 10.7. The van der Waals surface area contributed by atoms with Crippen LogP contribution in [0.15, 0.2) is 18.2 Å². The summed E-state index contributed by atoms with van der Waals surface area (Å²) in [5, 5.41) is 3.10. The molecule has 1 aromatic rings. The fourth-order valence-electron chi connectivity index (χ4n) is 1.09. The third-order valence-corrected chi connectivity index (χ3v) is 1.87. The fourth-order valence-corrected chi connectivity index (χ4v) is 1.09. The third kappa shape index (κ3) is 3.20. The van der Waals surface area contributed by atoms with Crippen LogP contribution in [0.1, 0.15) is 18.1 Å². The van der Waals surface area contributed by atoms with E-state index in [2.05, 4.69) is 17.2 Å². The van der Waals surface area contributed by atoms with Gasteiger partial charge in [-0.2, -0.15) is 0 Å².